The van der Waals surface area contributed by atoms with Gasteiger partial charge in [0.2, 0.25) is 0 Å². The lowest BCUT2D eigenvalue weighted by molar-refractivity contribution is 1.46. The summed E-state index contributed by atoms with van der Waals surface area (Å²) in [6.45, 7) is 2.03. The van der Waals surface area contributed by atoms with Crippen molar-refractivity contribution >= 4 is 23.3 Å². The second-order valence-corrected chi connectivity index (χ2v) is 4.47. The molecule has 0 bridgehead atoms. The molecule has 0 fully saturated rings. The predicted octanol–water partition coefficient (Wildman–Crippen LogP) is 4.71. The van der Waals surface area contributed by atoms with Gasteiger partial charge < -0.3 is 0 Å². The van der Waals surface area contributed by atoms with Crippen LogP contribution in [0.15, 0.2) is 48.5 Å². The van der Waals surface area contributed by atoms with Gasteiger partial charge >= 0.3 is 0 Å². The molecule has 0 atom stereocenters. The summed E-state index contributed by atoms with van der Waals surface area (Å²) in [4.78, 5) is 0. The van der Waals surface area contributed by atoms with Crippen LogP contribution in [0.5, 0.6) is 0 Å². The summed E-state index contributed by atoms with van der Waals surface area (Å²) >= 11 is 6.10. The first-order valence-corrected chi connectivity index (χ1v) is 6.02. The molecule has 0 unspecified atom stereocenters. The van der Waals surface area contributed by atoms with Gasteiger partial charge in [0, 0.05) is 10.6 Å². The molecule has 0 spiro atoms. The van der Waals surface area contributed by atoms with E-state index in [1.165, 1.54) is 5.56 Å². The lowest BCUT2D eigenvalue weighted by Crippen LogP contribution is -1.84. The maximum atomic E-state index is 9.26. The third kappa shape index (κ3) is 2.80. The topological polar surface area (TPSA) is 23.8 Å². The van der Waals surface area contributed by atoms with E-state index in [2.05, 4.69) is 6.07 Å². The van der Waals surface area contributed by atoms with Crippen molar-refractivity contribution in [3.8, 4) is 6.07 Å². The number of hydrogen-bond donors (Lipinski definition) is 0. The first kappa shape index (κ1) is 12.4. The van der Waals surface area contributed by atoms with E-state index in [-0.39, 0.29) is 0 Å². The number of allylic oxidation sites excluding steroid dienone is 1. The summed E-state index contributed by atoms with van der Waals surface area (Å²) < 4.78 is 0. The predicted molar refractivity (Wildman–Crippen MR) is 76.1 cm³/mol. The van der Waals surface area contributed by atoms with Crippen molar-refractivity contribution in [2.45, 2.75) is 6.92 Å². The quantitative estimate of drug-likeness (QED) is 0.562. The number of halogens is 1. The summed E-state index contributed by atoms with van der Waals surface area (Å²) in [5.41, 5.74) is 3.51. The molecular formula is C16H12ClN. The van der Waals surface area contributed by atoms with Gasteiger partial charge in [-0.15, -0.1) is 0 Å². The fourth-order valence-electron chi connectivity index (χ4n) is 1.78. The lowest BCUT2D eigenvalue weighted by atomic mass is 10.0. The Kier molecular flexibility index (Phi) is 3.82. The highest BCUT2D eigenvalue weighted by molar-refractivity contribution is 6.32. The van der Waals surface area contributed by atoms with Crippen LogP contribution in [0.3, 0.4) is 0 Å². The molecule has 2 aromatic rings. The zero-order valence-corrected chi connectivity index (χ0v) is 10.8. The Morgan fingerprint density at radius 2 is 1.94 bits per heavy atom. The van der Waals surface area contributed by atoms with Gasteiger partial charge in [0.05, 0.1) is 11.6 Å². The van der Waals surface area contributed by atoms with Crippen molar-refractivity contribution in [1.82, 2.24) is 0 Å². The summed E-state index contributed by atoms with van der Waals surface area (Å²) in [7, 11) is 0. The van der Waals surface area contributed by atoms with Crippen LogP contribution in [0.1, 0.15) is 16.7 Å². The number of nitrogens with zero attached hydrogens (tertiary/aromatic N) is 1. The zero-order chi connectivity index (χ0) is 13.0. The van der Waals surface area contributed by atoms with Crippen molar-refractivity contribution in [1.29, 1.82) is 5.26 Å². The molecule has 0 aliphatic rings. The Labute approximate surface area is 112 Å². The smallest absolute Gasteiger partial charge is 0.0998 e. The van der Waals surface area contributed by atoms with E-state index in [0.29, 0.717) is 10.6 Å². The number of nitriles is 1. The molecule has 1 nitrogen and oxygen atoms in total. The SMILES string of the molecule is Cc1cccc(C=C(C#N)c2ccccc2Cl)c1. The van der Waals surface area contributed by atoms with Crippen LogP contribution in [0.25, 0.3) is 11.6 Å². The Balaban J connectivity index is 2.48. The molecule has 88 valence electrons. The molecule has 0 radical (unpaired) electrons. The van der Waals surface area contributed by atoms with Gasteiger partial charge in [0.1, 0.15) is 0 Å². The summed E-state index contributed by atoms with van der Waals surface area (Å²) in [6.07, 6.45) is 1.86. The van der Waals surface area contributed by atoms with Crippen LogP contribution in [-0.4, -0.2) is 0 Å². The second-order valence-electron chi connectivity index (χ2n) is 4.06. The maximum Gasteiger partial charge on any atom is 0.0998 e. The Morgan fingerprint density at radius 3 is 2.61 bits per heavy atom. The standard InChI is InChI=1S/C16H12ClN/c1-12-5-4-6-13(9-12)10-14(11-18)15-7-2-3-8-16(15)17/h2-10H,1H3. The largest absolute Gasteiger partial charge is 0.192 e. The lowest BCUT2D eigenvalue weighted by Gasteiger charge is -2.02. The zero-order valence-electron chi connectivity index (χ0n) is 10.0. The Bertz CT molecular complexity index is 636. The van der Waals surface area contributed by atoms with E-state index in [9.17, 15) is 5.26 Å². The molecule has 0 heterocycles. The van der Waals surface area contributed by atoms with E-state index in [0.717, 1.165) is 11.1 Å². The molecule has 0 aromatic heterocycles. The van der Waals surface area contributed by atoms with Crippen LogP contribution < -0.4 is 0 Å². The minimum atomic E-state index is 0.575. The van der Waals surface area contributed by atoms with E-state index in [1.807, 2.05) is 55.5 Å². The average molecular weight is 254 g/mol. The van der Waals surface area contributed by atoms with Gasteiger partial charge in [0.15, 0.2) is 0 Å². The average Bonchev–Trinajstić information content (AvgIpc) is 2.37. The van der Waals surface area contributed by atoms with Crippen molar-refractivity contribution < 1.29 is 0 Å². The van der Waals surface area contributed by atoms with Crippen LogP contribution in [-0.2, 0) is 0 Å². The van der Waals surface area contributed by atoms with Crippen LogP contribution in [0.2, 0.25) is 5.02 Å². The van der Waals surface area contributed by atoms with Gasteiger partial charge in [-0.25, -0.2) is 0 Å². The van der Waals surface area contributed by atoms with E-state index in [4.69, 9.17) is 11.6 Å². The minimum absolute atomic E-state index is 0.575. The van der Waals surface area contributed by atoms with Crippen LogP contribution in [0, 0.1) is 18.3 Å². The molecule has 2 heteroatoms. The number of benzene rings is 2. The molecular weight excluding hydrogens is 242 g/mol. The van der Waals surface area contributed by atoms with Gasteiger partial charge in [0.25, 0.3) is 0 Å². The van der Waals surface area contributed by atoms with Gasteiger partial charge in [-0.3, -0.25) is 0 Å². The Hall–Kier alpha value is -2.04. The third-order valence-corrected chi connectivity index (χ3v) is 2.97. The summed E-state index contributed by atoms with van der Waals surface area (Å²) in [5.74, 6) is 0. The molecule has 0 amide bonds. The van der Waals surface area contributed by atoms with Crippen LogP contribution >= 0.6 is 11.6 Å². The van der Waals surface area contributed by atoms with Gasteiger partial charge in [-0.2, -0.15) is 5.26 Å². The van der Waals surface area contributed by atoms with E-state index in [1.54, 1.807) is 6.07 Å². The Morgan fingerprint density at radius 1 is 1.17 bits per heavy atom. The fourth-order valence-corrected chi connectivity index (χ4v) is 2.01. The highest BCUT2D eigenvalue weighted by atomic mass is 35.5. The summed E-state index contributed by atoms with van der Waals surface area (Å²) in [6, 6.07) is 17.6. The molecule has 0 saturated heterocycles. The fraction of sp³-hybridized carbons (Fsp3) is 0.0625. The second kappa shape index (κ2) is 5.53. The highest BCUT2D eigenvalue weighted by Crippen LogP contribution is 2.25. The van der Waals surface area contributed by atoms with Crippen LogP contribution in [0.4, 0.5) is 0 Å². The molecule has 18 heavy (non-hydrogen) atoms. The van der Waals surface area contributed by atoms with Gasteiger partial charge in [-0.05, 0) is 24.6 Å². The minimum Gasteiger partial charge on any atom is -0.192 e. The molecule has 2 rings (SSSR count). The first-order chi connectivity index (χ1) is 8.70. The highest BCUT2D eigenvalue weighted by Gasteiger charge is 2.05. The van der Waals surface area contributed by atoms with E-state index >= 15 is 0 Å². The molecule has 0 saturated carbocycles. The van der Waals surface area contributed by atoms with Crippen molar-refractivity contribution in [2.75, 3.05) is 0 Å². The molecule has 0 aliphatic heterocycles. The van der Waals surface area contributed by atoms with Crippen molar-refractivity contribution in [3.63, 3.8) is 0 Å². The number of aryl methyl sites for hydroxylation is 1. The summed E-state index contributed by atoms with van der Waals surface area (Å²) in [5, 5.41) is 9.85. The van der Waals surface area contributed by atoms with Crippen molar-refractivity contribution in [3.05, 3.63) is 70.2 Å². The van der Waals surface area contributed by atoms with E-state index < -0.39 is 0 Å². The third-order valence-electron chi connectivity index (χ3n) is 2.64. The van der Waals surface area contributed by atoms with Crippen molar-refractivity contribution in [2.24, 2.45) is 0 Å². The normalized spacial score (nSPS) is 11.1. The monoisotopic (exact) mass is 253 g/mol. The molecule has 0 N–H and O–H groups in total. The molecule has 0 aliphatic carbocycles. The number of rotatable bonds is 2. The number of hydrogen-bond acceptors (Lipinski definition) is 1. The van der Waals surface area contributed by atoms with Gasteiger partial charge in [-0.1, -0.05) is 59.6 Å². The first-order valence-electron chi connectivity index (χ1n) is 5.64. The maximum absolute atomic E-state index is 9.26. The molecule has 2 aromatic carbocycles.